The highest BCUT2D eigenvalue weighted by Gasteiger charge is 2.33. The van der Waals surface area contributed by atoms with E-state index in [0.29, 0.717) is 11.5 Å². The van der Waals surface area contributed by atoms with Crippen LogP contribution in [0.2, 0.25) is 0 Å². The first-order valence-electron chi connectivity index (χ1n) is 12.0. The molecule has 1 saturated heterocycles. The summed E-state index contributed by atoms with van der Waals surface area (Å²) in [7, 11) is 0. The zero-order chi connectivity index (χ0) is 26.8. The number of amides is 4. The number of esters is 1. The van der Waals surface area contributed by atoms with E-state index in [2.05, 4.69) is 21.3 Å². The maximum Gasteiger partial charge on any atom is 0.329 e. The summed E-state index contributed by atoms with van der Waals surface area (Å²) in [4.78, 5) is 65.2. The van der Waals surface area contributed by atoms with Gasteiger partial charge in [-0.15, -0.1) is 11.8 Å². The number of allylic oxidation sites excluding steroid dienone is 2. The molecule has 2 bridgehead atoms. The second-order valence-corrected chi connectivity index (χ2v) is 11.7. The SMILES string of the molecule is C/C=C1\NC(=O)[C@@H]2NC(=O)C(C(C)C)NC(=O)C[C@@H](/C=C/CCSCS2)OC(=O)[C@H](C(C)C)NC1=O. The van der Waals surface area contributed by atoms with Gasteiger partial charge in [0.25, 0.3) is 11.8 Å². The van der Waals surface area contributed by atoms with Crippen LogP contribution in [0.25, 0.3) is 0 Å². The first kappa shape index (κ1) is 29.8. The van der Waals surface area contributed by atoms with E-state index in [1.807, 2.05) is 6.08 Å². The van der Waals surface area contributed by atoms with Crippen molar-refractivity contribution in [2.75, 3.05) is 10.8 Å². The van der Waals surface area contributed by atoms with Gasteiger partial charge in [0.2, 0.25) is 11.8 Å². The second kappa shape index (κ2) is 14.3. The molecule has 200 valence electrons. The molecular weight excluding hydrogens is 504 g/mol. The third-order valence-electron chi connectivity index (χ3n) is 5.53. The maximum absolute atomic E-state index is 13.1. The molecule has 10 nitrogen and oxygen atoms in total. The number of ether oxygens (including phenoxy) is 1. The molecule has 2 rings (SSSR count). The molecule has 2 aliphatic heterocycles. The van der Waals surface area contributed by atoms with E-state index in [1.165, 1.54) is 17.8 Å². The van der Waals surface area contributed by atoms with E-state index in [9.17, 15) is 24.0 Å². The standard InChI is InChI=1S/C24H36N4O6S2/c1-6-16-20(30)27-19(14(4)5)24(33)34-15-9-7-8-10-35-12-36-23(22(32)25-16)28-21(31)18(13(2)3)26-17(29)11-15/h6-7,9,13-15,18-19,23H,8,10-12H2,1-5H3,(H,25,32)(H,26,29)(H,27,30)(H,28,31)/b9-7+,16-6-/t15-,18?,19+,23-/m1/s1. The lowest BCUT2D eigenvalue weighted by atomic mass is 10.0. The van der Waals surface area contributed by atoms with Crippen LogP contribution in [0, 0.1) is 11.8 Å². The maximum atomic E-state index is 13.1. The van der Waals surface area contributed by atoms with Crippen LogP contribution >= 0.6 is 23.5 Å². The van der Waals surface area contributed by atoms with Crippen molar-refractivity contribution in [2.45, 2.75) is 71.0 Å². The van der Waals surface area contributed by atoms with Gasteiger partial charge in [0, 0.05) is 5.08 Å². The van der Waals surface area contributed by atoms with Crippen LogP contribution in [-0.4, -0.2) is 64.0 Å². The summed E-state index contributed by atoms with van der Waals surface area (Å²) >= 11 is 2.79. The van der Waals surface area contributed by atoms with Gasteiger partial charge in [0.05, 0.1) is 6.42 Å². The topological polar surface area (TPSA) is 143 Å². The van der Waals surface area contributed by atoms with Gasteiger partial charge >= 0.3 is 5.97 Å². The lowest BCUT2D eigenvalue weighted by Crippen LogP contribution is -2.56. The number of rotatable bonds is 2. The Hall–Kier alpha value is -2.47. The Balaban J connectivity index is 2.55. The van der Waals surface area contributed by atoms with Crippen LogP contribution in [0.4, 0.5) is 0 Å². The fourth-order valence-electron chi connectivity index (χ4n) is 3.47. The van der Waals surface area contributed by atoms with Crippen molar-refractivity contribution in [3.8, 4) is 0 Å². The minimum absolute atomic E-state index is 0.0486. The normalized spacial score (nSPS) is 29.6. The molecular formula is C24H36N4O6S2. The Morgan fingerprint density at radius 3 is 2.31 bits per heavy atom. The molecule has 0 radical (unpaired) electrons. The van der Waals surface area contributed by atoms with Crippen molar-refractivity contribution >= 4 is 53.1 Å². The largest absolute Gasteiger partial charge is 0.456 e. The smallest absolute Gasteiger partial charge is 0.329 e. The Kier molecular flexibility index (Phi) is 11.8. The first-order chi connectivity index (χ1) is 17.0. The van der Waals surface area contributed by atoms with Gasteiger partial charge in [-0.05, 0) is 37.0 Å². The van der Waals surface area contributed by atoms with E-state index >= 15 is 0 Å². The molecule has 12 heteroatoms. The van der Waals surface area contributed by atoms with E-state index in [4.69, 9.17) is 4.74 Å². The van der Waals surface area contributed by atoms with Crippen molar-refractivity contribution in [3.63, 3.8) is 0 Å². The summed E-state index contributed by atoms with van der Waals surface area (Å²) < 4.78 is 5.65. The van der Waals surface area contributed by atoms with Crippen LogP contribution < -0.4 is 21.3 Å². The fraction of sp³-hybridized carbons (Fsp3) is 0.625. The van der Waals surface area contributed by atoms with Crippen LogP contribution in [0.3, 0.4) is 0 Å². The Morgan fingerprint density at radius 2 is 1.67 bits per heavy atom. The highest BCUT2D eigenvalue weighted by Crippen LogP contribution is 2.20. The molecule has 0 aromatic heterocycles. The summed E-state index contributed by atoms with van der Waals surface area (Å²) in [6, 6.07) is -1.91. The second-order valence-electron chi connectivity index (χ2n) is 9.15. The van der Waals surface area contributed by atoms with E-state index < -0.39 is 53.2 Å². The third kappa shape index (κ3) is 8.88. The highest BCUT2D eigenvalue weighted by molar-refractivity contribution is 8.16. The Bertz CT molecular complexity index is 905. The minimum Gasteiger partial charge on any atom is -0.456 e. The molecule has 4 atom stereocenters. The van der Waals surface area contributed by atoms with Gasteiger partial charge in [-0.25, -0.2) is 4.79 Å². The molecule has 0 aromatic carbocycles. The summed E-state index contributed by atoms with van der Waals surface area (Å²) in [5.74, 6) is -2.81. The van der Waals surface area contributed by atoms with E-state index in [-0.39, 0.29) is 24.0 Å². The lowest BCUT2D eigenvalue weighted by Gasteiger charge is -2.27. The van der Waals surface area contributed by atoms with Gasteiger partial charge in [0.15, 0.2) is 5.37 Å². The molecule has 2 aliphatic rings. The molecule has 0 aromatic rings. The summed E-state index contributed by atoms with van der Waals surface area (Å²) in [6.45, 7) is 8.65. The van der Waals surface area contributed by atoms with Crippen LogP contribution in [0.1, 0.15) is 47.5 Å². The summed E-state index contributed by atoms with van der Waals surface area (Å²) in [5.41, 5.74) is -0.0486. The highest BCUT2D eigenvalue weighted by atomic mass is 32.2. The van der Waals surface area contributed by atoms with Gasteiger partial charge in [-0.3, -0.25) is 19.2 Å². The monoisotopic (exact) mass is 540 g/mol. The van der Waals surface area contributed by atoms with E-state index in [1.54, 1.807) is 52.5 Å². The fourth-order valence-corrected chi connectivity index (χ4v) is 5.59. The molecule has 0 saturated carbocycles. The van der Waals surface area contributed by atoms with Crippen LogP contribution in [0.15, 0.2) is 23.9 Å². The molecule has 0 aliphatic carbocycles. The quantitative estimate of drug-likeness (QED) is 0.234. The number of hydrogen-bond acceptors (Lipinski definition) is 8. The zero-order valence-corrected chi connectivity index (χ0v) is 22.9. The first-order valence-corrected chi connectivity index (χ1v) is 14.2. The molecule has 0 spiro atoms. The van der Waals surface area contributed by atoms with E-state index in [0.717, 1.165) is 5.75 Å². The number of fused-ring (bicyclic) bond motifs is 7. The van der Waals surface area contributed by atoms with Crippen LogP contribution in [-0.2, 0) is 28.7 Å². The van der Waals surface area contributed by atoms with Crippen molar-refractivity contribution in [3.05, 3.63) is 23.9 Å². The summed E-state index contributed by atoms with van der Waals surface area (Å²) in [5, 5.41) is 10.1. The Morgan fingerprint density at radius 1 is 0.972 bits per heavy atom. The lowest BCUT2D eigenvalue weighted by molar-refractivity contribution is -0.153. The number of carbonyl (C=O) groups is 5. The van der Waals surface area contributed by atoms with Gasteiger partial charge < -0.3 is 26.0 Å². The zero-order valence-electron chi connectivity index (χ0n) is 21.3. The number of thioether (sulfide) groups is 2. The number of carbonyl (C=O) groups excluding carboxylic acids is 5. The predicted octanol–water partition coefficient (Wildman–Crippen LogP) is 1.43. The number of hydrogen-bond donors (Lipinski definition) is 4. The third-order valence-corrected chi connectivity index (χ3v) is 7.93. The number of nitrogens with one attached hydrogen (secondary N) is 4. The average molecular weight is 541 g/mol. The van der Waals surface area contributed by atoms with Crippen molar-refractivity contribution < 1.29 is 28.7 Å². The van der Waals surface area contributed by atoms with Crippen molar-refractivity contribution in [1.82, 2.24) is 21.3 Å². The van der Waals surface area contributed by atoms with Gasteiger partial charge in [0.1, 0.15) is 23.9 Å². The Labute approximate surface area is 220 Å². The summed E-state index contributed by atoms with van der Waals surface area (Å²) in [6.07, 6.45) is 4.52. The minimum atomic E-state index is -1.00. The van der Waals surface area contributed by atoms with Crippen LogP contribution in [0.5, 0.6) is 0 Å². The molecule has 36 heavy (non-hydrogen) atoms. The molecule has 1 fully saturated rings. The molecule has 4 N–H and O–H groups in total. The van der Waals surface area contributed by atoms with Crippen molar-refractivity contribution in [2.24, 2.45) is 11.8 Å². The average Bonchev–Trinajstić information content (AvgIpc) is 2.81. The molecule has 1 unspecified atom stereocenters. The molecule has 4 amide bonds. The predicted molar refractivity (Wildman–Crippen MR) is 141 cm³/mol. The van der Waals surface area contributed by atoms with Crippen molar-refractivity contribution in [1.29, 1.82) is 0 Å². The molecule has 2 heterocycles. The van der Waals surface area contributed by atoms with Gasteiger partial charge in [-0.1, -0.05) is 39.8 Å². The van der Waals surface area contributed by atoms with Gasteiger partial charge in [-0.2, -0.15) is 11.8 Å².